The van der Waals surface area contributed by atoms with Crippen LogP contribution in [0.1, 0.15) is 54.4 Å². The Morgan fingerprint density at radius 2 is 2.29 bits per heavy atom. The Morgan fingerprint density at radius 1 is 1.43 bits per heavy atom. The van der Waals surface area contributed by atoms with Crippen molar-refractivity contribution in [3.63, 3.8) is 0 Å². The molecule has 0 radical (unpaired) electrons. The van der Waals surface area contributed by atoms with Crippen molar-refractivity contribution in [3.8, 4) is 0 Å². The first-order valence-corrected chi connectivity index (χ1v) is 8.89. The quantitative estimate of drug-likeness (QED) is 0.874. The molecule has 21 heavy (non-hydrogen) atoms. The fraction of sp³-hybridized carbons (Fsp3) is 0.800. The summed E-state index contributed by atoms with van der Waals surface area (Å²) in [6, 6.07) is 0.455. The summed E-state index contributed by atoms with van der Waals surface area (Å²) in [6.45, 7) is 5.16. The van der Waals surface area contributed by atoms with Gasteiger partial charge in [0.25, 0.3) is 5.91 Å². The first kappa shape index (κ1) is 14.9. The lowest BCUT2D eigenvalue weighted by Gasteiger charge is -2.30. The molecule has 1 unspecified atom stereocenters. The Morgan fingerprint density at radius 3 is 2.95 bits per heavy atom. The molecule has 1 aliphatic heterocycles. The van der Waals surface area contributed by atoms with E-state index in [0.29, 0.717) is 12.0 Å². The molecule has 0 spiro atoms. The molecule has 1 aromatic rings. The number of carbonyl (C=O) groups excluding carboxylic acids is 1. The lowest BCUT2D eigenvalue weighted by Crippen LogP contribution is -2.42. The number of hydrogen-bond acceptors (Lipinski definition) is 5. The summed E-state index contributed by atoms with van der Waals surface area (Å²) in [7, 11) is 0. The summed E-state index contributed by atoms with van der Waals surface area (Å²) in [5.74, 6) is 0.764. The summed E-state index contributed by atoms with van der Waals surface area (Å²) >= 11 is 1.27. The van der Waals surface area contributed by atoms with Gasteiger partial charge in [0, 0.05) is 12.6 Å². The van der Waals surface area contributed by atoms with E-state index in [9.17, 15) is 4.79 Å². The summed E-state index contributed by atoms with van der Waals surface area (Å²) in [5, 5.41) is 7.59. The number of aromatic nitrogens is 2. The Bertz CT molecular complexity index is 480. The predicted octanol–water partition coefficient (Wildman–Crippen LogP) is 2.09. The topological polar surface area (TPSA) is 58.1 Å². The summed E-state index contributed by atoms with van der Waals surface area (Å²) in [4.78, 5) is 15.8. The van der Waals surface area contributed by atoms with E-state index in [4.69, 9.17) is 0 Å². The van der Waals surface area contributed by atoms with Crippen LogP contribution < -0.4 is 5.32 Å². The van der Waals surface area contributed by atoms with Gasteiger partial charge in [-0.15, -0.1) is 5.10 Å². The number of amides is 1. The van der Waals surface area contributed by atoms with Crippen molar-refractivity contribution in [1.82, 2.24) is 19.8 Å². The second kappa shape index (κ2) is 6.83. The maximum absolute atomic E-state index is 12.9. The van der Waals surface area contributed by atoms with Gasteiger partial charge in [-0.2, -0.15) is 0 Å². The minimum absolute atomic E-state index is 0.168. The third-order valence-corrected chi connectivity index (χ3v) is 5.10. The van der Waals surface area contributed by atoms with Crippen LogP contribution in [0.25, 0.3) is 0 Å². The molecule has 0 bridgehead atoms. The zero-order chi connectivity index (χ0) is 14.7. The lowest BCUT2D eigenvalue weighted by atomic mass is 9.99. The SMILES string of the molecule is CCCc1nnsc1C(=O)N(CC1CCCNC1)C1CC1. The molecular weight excluding hydrogens is 284 g/mol. The van der Waals surface area contributed by atoms with Gasteiger partial charge >= 0.3 is 0 Å². The molecule has 2 fully saturated rings. The van der Waals surface area contributed by atoms with Crippen LogP contribution in [-0.4, -0.2) is 46.1 Å². The summed E-state index contributed by atoms with van der Waals surface area (Å²) < 4.78 is 4.00. The molecule has 2 heterocycles. The Hall–Kier alpha value is -1.01. The predicted molar refractivity (Wildman–Crippen MR) is 83.6 cm³/mol. The second-order valence-electron chi connectivity index (χ2n) is 6.20. The van der Waals surface area contributed by atoms with Crippen molar-refractivity contribution < 1.29 is 4.79 Å². The second-order valence-corrected chi connectivity index (χ2v) is 6.95. The number of carbonyl (C=O) groups is 1. The number of hydrogen-bond donors (Lipinski definition) is 1. The van der Waals surface area contributed by atoms with E-state index in [1.807, 2.05) is 0 Å². The molecule has 1 amide bonds. The van der Waals surface area contributed by atoms with Crippen molar-refractivity contribution in [2.24, 2.45) is 5.92 Å². The van der Waals surface area contributed by atoms with E-state index in [2.05, 4.69) is 26.7 Å². The molecule has 6 heteroatoms. The van der Waals surface area contributed by atoms with Crippen LogP contribution in [-0.2, 0) is 6.42 Å². The van der Waals surface area contributed by atoms with E-state index < -0.39 is 0 Å². The Balaban J connectivity index is 1.70. The fourth-order valence-electron chi connectivity index (χ4n) is 3.04. The van der Waals surface area contributed by atoms with Gasteiger partial charge in [-0.1, -0.05) is 17.8 Å². The smallest absolute Gasteiger partial charge is 0.267 e. The van der Waals surface area contributed by atoms with Crippen LogP contribution >= 0.6 is 11.5 Å². The maximum atomic E-state index is 12.9. The lowest BCUT2D eigenvalue weighted by molar-refractivity contribution is 0.0707. The van der Waals surface area contributed by atoms with Gasteiger partial charge in [0.05, 0.1) is 5.69 Å². The standard InChI is InChI=1S/C15H24N4OS/c1-2-4-13-14(21-18-17-13)15(20)19(12-6-7-12)10-11-5-3-8-16-9-11/h11-12,16H,2-10H2,1H3. The van der Waals surface area contributed by atoms with Gasteiger partial charge in [0.1, 0.15) is 4.88 Å². The van der Waals surface area contributed by atoms with Crippen molar-refractivity contribution >= 4 is 17.4 Å². The zero-order valence-electron chi connectivity index (χ0n) is 12.7. The largest absolute Gasteiger partial charge is 0.335 e. The van der Waals surface area contributed by atoms with Gasteiger partial charge in [-0.3, -0.25) is 4.79 Å². The van der Waals surface area contributed by atoms with Crippen LogP contribution in [0, 0.1) is 5.92 Å². The van der Waals surface area contributed by atoms with Crippen molar-refractivity contribution in [2.45, 2.75) is 51.5 Å². The van der Waals surface area contributed by atoms with Gasteiger partial charge in [-0.05, 0) is 62.6 Å². The van der Waals surface area contributed by atoms with Crippen LogP contribution in [0.15, 0.2) is 0 Å². The van der Waals surface area contributed by atoms with E-state index in [1.165, 1.54) is 24.4 Å². The van der Waals surface area contributed by atoms with E-state index in [-0.39, 0.29) is 5.91 Å². The summed E-state index contributed by atoms with van der Waals surface area (Å²) in [6.07, 6.45) is 6.61. The highest BCUT2D eigenvalue weighted by Crippen LogP contribution is 2.31. The molecule has 1 saturated carbocycles. The maximum Gasteiger partial charge on any atom is 0.267 e. The molecule has 1 atom stereocenters. The molecular formula is C15H24N4OS. The van der Waals surface area contributed by atoms with Crippen LogP contribution in [0.2, 0.25) is 0 Å². The fourth-order valence-corrected chi connectivity index (χ4v) is 3.71. The molecule has 5 nitrogen and oxygen atoms in total. The van der Waals surface area contributed by atoms with Gasteiger partial charge in [-0.25, -0.2) is 0 Å². The number of rotatable bonds is 6. The Labute approximate surface area is 130 Å². The number of nitrogens with zero attached hydrogens (tertiary/aromatic N) is 3. The average molecular weight is 308 g/mol. The average Bonchev–Trinajstić information content (AvgIpc) is 3.25. The number of piperidine rings is 1. The van der Waals surface area contributed by atoms with Gasteiger partial charge in [0.2, 0.25) is 0 Å². The monoisotopic (exact) mass is 308 g/mol. The molecule has 1 aromatic heterocycles. The highest BCUT2D eigenvalue weighted by Gasteiger charge is 2.36. The molecule has 2 aliphatic rings. The first-order valence-electron chi connectivity index (χ1n) is 8.12. The zero-order valence-corrected chi connectivity index (χ0v) is 13.5. The molecule has 0 aromatic carbocycles. The van der Waals surface area contributed by atoms with E-state index in [0.717, 1.165) is 55.9 Å². The highest BCUT2D eigenvalue weighted by molar-refractivity contribution is 7.08. The van der Waals surface area contributed by atoms with Crippen molar-refractivity contribution in [3.05, 3.63) is 10.6 Å². The minimum atomic E-state index is 0.168. The van der Waals surface area contributed by atoms with Crippen LogP contribution in [0.4, 0.5) is 0 Å². The van der Waals surface area contributed by atoms with Crippen molar-refractivity contribution in [1.29, 1.82) is 0 Å². The van der Waals surface area contributed by atoms with Crippen LogP contribution in [0.3, 0.4) is 0 Å². The molecule has 3 rings (SSSR count). The van der Waals surface area contributed by atoms with Crippen LogP contribution in [0.5, 0.6) is 0 Å². The Kier molecular flexibility index (Phi) is 4.85. The summed E-state index contributed by atoms with van der Waals surface area (Å²) in [5.41, 5.74) is 0.889. The minimum Gasteiger partial charge on any atom is -0.335 e. The van der Waals surface area contributed by atoms with Gasteiger partial charge < -0.3 is 10.2 Å². The normalized spacial score (nSPS) is 22.2. The third-order valence-electron chi connectivity index (χ3n) is 4.34. The molecule has 1 saturated heterocycles. The molecule has 1 aliphatic carbocycles. The molecule has 116 valence electrons. The van der Waals surface area contributed by atoms with Gasteiger partial charge in [0.15, 0.2) is 0 Å². The third kappa shape index (κ3) is 3.61. The van der Waals surface area contributed by atoms with E-state index in [1.54, 1.807) is 0 Å². The number of nitrogens with one attached hydrogen (secondary N) is 1. The molecule has 1 N–H and O–H groups in total. The first-order chi connectivity index (χ1) is 10.3. The van der Waals surface area contributed by atoms with E-state index >= 15 is 0 Å². The van der Waals surface area contributed by atoms with Crippen molar-refractivity contribution in [2.75, 3.05) is 19.6 Å². The number of aryl methyl sites for hydroxylation is 1. The highest BCUT2D eigenvalue weighted by atomic mass is 32.1.